The first-order valence-corrected chi connectivity index (χ1v) is 9.57. The van der Waals surface area contributed by atoms with Crippen molar-refractivity contribution >= 4 is 11.9 Å². The molecule has 0 atom stereocenters. The number of nitrogens with zero attached hydrogens (tertiary/aromatic N) is 1. The monoisotopic (exact) mass is 353 g/mol. The van der Waals surface area contributed by atoms with Crippen molar-refractivity contribution in [3.05, 3.63) is 23.9 Å². The van der Waals surface area contributed by atoms with Crippen molar-refractivity contribution in [2.24, 2.45) is 0 Å². The molecule has 5 nitrogen and oxygen atoms in total. The summed E-state index contributed by atoms with van der Waals surface area (Å²) in [6, 6.07) is 0. The van der Waals surface area contributed by atoms with Crippen LogP contribution in [0.3, 0.4) is 0 Å². The fourth-order valence-corrected chi connectivity index (χ4v) is 2.25. The summed E-state index contributed by atoms with van der Waals surface area (Å²) >= 11 is 0. The van der Waals surface area contributed by atoms with Crippen LogP contribution in [0.5, 0.6) is 0 Å². The van der Waals surface area contributed by atoms with Gasteiger partial charge in [0.1, 0.15) is 5.57 Å². The van der Waals surface area contributed by atoms with Gasteiger partial charge in [0.25, 0.3) is 0 Å². The van der Waals surface area contributed by atoms with E-state index in [1.165, 1.54) is 25.3 Å². The van der Waals surface area contributed by atoms with Gasteiger partial charge in [0.15, 0.2) is 0 Å². The van der Waals surface area contributed by atoms with Gasteiger partial charge in [-0.3, -0.25) is 0 Å². The van der Waals surface area contributed by atoms with Crippen molar-refractivity contribution in [2.75, 3.05) is 26.3 Å². The molecule has 25 heavy (non-hydrogen) atoms. The van der Waals surface area contributed by atoms with Crippen LogP contribution >= 0.6 is 0 Å². The van der Waals surface area contributed by atoms with Crippen LogP contribution in [0, 0.1) is 0 Å². The number of allylic oxidation sites excluding steroid dienone is 2. The molecular formula is C20H35NO4. The van der Waals surface area contributed by atoms with Crippen LogP contribution in [0.1, 0.15) is 66.2 Å². The van der Waals surface area contributed by atoms with Gasteiger partial charge in [-0.1, -0.05) is 39.0 Å². The third-order valence-electron chi connectivity index (χ3n) is 3.82. The summed E-state index contributed by atoms with van der Waals surface area (Å²) in [7, 11) is 0. The van der Waals surface area contributed by atoms with E-state index < -0.39 is 11.9 Å². The van der Waals surface area contributed by atoms with Crippen LogP contribution in [0.25, 0.3) is 0 Å². The average Bonchev–Trinajstić information content (AvgIpc) is 2.61. The van der Waals surface area contributed by atoms with Crippen LogP contribution in [0.15, 0.2) is 23.9 Å². The Morgan fingerprint density at radius 1 is 0.840 bits per heavy atom. The zero-order chi connectivity index (χ0) is 18.9. The van der Waals surface area contributed by atoms with Crippen molar-refractivity contribution in [3.8, 4) is 0 Å². The predicted molar refractivity (Wildman–Crippen MR) is 101 cm³/mol. The Bertz CT molecular complexity index is 425. The molecule has 0 heterocycles. The second-order valence-corrected chi connectivity index (χ2v) is 5.77. The zero-order valence-electron chi connectivity index (χ0n) is 16.4. The third-order valence-corrected chi connectivity index (χ3v) is 3.82. The molecule has 0 aromatic carbocycles. The van der Waals surface area contributed by atoms with E-state index in [1.54, 1.807) is 13.0 Å². The Balaban J connectivity index is 4.55. The molecule has 0 rings (SSSR count). The fourth-order valence-electron chi connectivity index (χ4n) is 2.25. The SMILES string of the molecule is CCCCCCCCOC(=O)/C(=C/C=C/N(CC)CC)C(=O)OCC. The van der Waals surface area contributed by atoms with Crippen molar-refractivity contribution in [2.45, 2.75) is 66.2 Å². The van der Waals surface area contributed by atoms with Crippen LogP contribution in [-0.4, -0.2) is 43.1 Å². The maximum Gasteiger partial charge on any atom is 0.345 e. The van der Waals surface area contributed by atoms with Crippen molar-refractivity contribution in [1.29, 1.82) is 0 Å². The van der Waals surface area contributed by atoms with Gasteiger partial charge in [0.05, 0.1) is 13.2 Å². The summed E-state index contributed by atoms with van der Waals surface area (Å²) in [5.41, 5.74) is -0.0590. The quantitative estimate of drug-likeness (QED) is 0.117. The van der Waals surface area contributed by atoms with E-state index in [4.69, 9.17) is 9.47 Å². The molecule has 0 aliphatic carbocycles. The molecule has 0 radical (unpaired) electrons. The van der Waals surface area contributed by atoms with Crippen molar-refractivity contribution in [1.82, 2.24) is 4.90 Å². The molecule has 144 valence electrons. The standard InChI is InChI=1S/C20H35NO4/c1-5-9-10-11-12-13-17-25-20(23)18(19(22)24-8-4)15-14-16-21(6-2)7-3/h14-16H,5-13,17H2,1-4H3/b16-14+,18-15+. The lowest BCUT2D eigenvalue weighted by Crippen LogP contribution is -2.19. The van der Waals surface area contributed by atoms with Gasteiger partial charge in [-0.15, -0.1) is 0 Å². The van der Waals surface area contributed by atoms with E-state index in [2.05, 4.69) is 11.8 Å². The van der Waals surface area contributed by atoms with Crippen LogP contribution in [0.2, 0.25) is 0 Å². The highest BCUT2D eigenvalue weighted by molar-refractivity contribution is 6.14. The molecule has 0 N–H and O–H groups in total. The Kier molecular flexibility index (Phi) is 14.6. The highest BCUT2D eigenvalue weighted by atomic mass is 16.6. The number of esters is 2. The molecule has 0 fully saturated rings. The largest absolute Gasteiger partial charge is 0.462 e. The highest BCUT2D eigenvalue weighted by Gasteiger charge is 2.20. The van der Waals surface area contributed by atoms with Crippen LogP contribution in [-0.2, 0) is 19.1 Å². The van der Waals surface area contributed by atoms with E-state index in [1.807, 2.05) is 20.0 Å². The number of ether oxygens (including phenoxy) is 2. The van der Waals surface area contributed by atoms with Crippen LogP contribution in [0.4, 0.5) is 0 Å². The first-order valence-electron chi connectivity index (χ1n) is 9.57. The molecule has 5 heteroatoms. The average molecular weight is 354 g/mol. The Hall–Kier alpha value is -1.78. The van der Waals surface area contributed by atoms with Gasteiger partial charge in [-0.2, -0.15) is 0 Å². The number of carbonyl (C=O) groups is 2. The van der Waals surface area contributed by atoms with E-state index in [0.29, 0.717) is 6.61 Å². The summed E-state index contributed by atoms with van der Waals surface area (Å²) in [6.45, 7) is 10.2. The lowest BCUT2D eigenvalue weighted by molar-refractivity contribution is -0.146. The number of hydrogen-bond acceptors (Lipinski definition) is 5. The van der Waals surface area contributed by atoms with Gasteiger partial charge < -0.3 is 14.4 Å². The van der Waals surface area contributed by atoms with E-state index >= 15 is 0 Å². The predicted octanol–water partition coefficient (Wildman–Crippen LogP) is 4.24. The van der Waals surface area contributed by atoms with Gasteiger partial charge in [0, 0.05) is 13.1 Å². The topological polar surface area (TPSA) is 55.8 Å². The lowest BCUT2D eigenvalue weighted by atomic mass is 10.1. The van der Waals surface area contributed by atoms with E-state index in [9.17, 15) is 9.59 Å². The number of unbranched alkanes of at least 4 members (excludes halogenated alkanes) is 5. The normalized spacial score (nSPS) is 11.6. The third kappa shape index (κ3) is 11.4. The molecule has 0 spiro atoms. The minimum atomic E-state index is -0.639. The number of carbonyl (C=O) groups excluding carboxylic acids is 2. The first-order chi connectivity index (χ1) is 12.1. The second-order valence-electron chi connectivity index (χ2n) is 5.77. The Labute approximate surface area is 153 Å². The second kappa shape index (κ2) is 15.7. The zero-order valence-corrected chi connectivity index (χ0v) is 16.4. The van der Waals surface area contributed by atoms with E-state index in [0.717, 1.165) is 32.4 Å². The first kappa shape index (κ1) is 23.2. The summed E-state index contributed by atoms with van der Waals surface area (Å²) < 4.78 is 10.2. The molecule has 0 aromatic heterocycles. The fraction of sp³-hybridized carbons (Fsp3) is 0.700. The summed E-state index contributed by atoms with van der Waals surface area (Å²) in [4.78, 5) is 26.2. The Morgan fingerprint density at radius 2 is 1.44 bits per heavy atom. The molecule has 0 aliphatic heterocycles. The van der Waals surface area contributed by atoms with Crippen molar-refractivity contribution in [3.63, 3.8) is 0 Å². The number of hydrogen-bond donors (Lipinski definition) is 0. The maximum absolute atomic E-state index is 12.2. The molecule has 0 saturated carbocycles. The minimum absolute atomic E-state index is 0.0590. The maximum atomic E-state index is 12.2. The van der Waals surface area contributed by atoms with Gasteiger partial charge in [-0.25, -0.2) is 9.59 Å². The molecule has 0 amide bonds. The Morgan fingerprint density at radius 3 is 2.04 bits per heavy atom. The lowest BCUT2D eigenvalue weighted by Gasteiger charge is -2.14. The van der Waals surface area contributed by atoms with E-state index in [-0.39, 0.29) is 12.2 Å². The van der Waals surface area contributed by atoms with Gasteiger partial charge in [-0.05, 0) is 45.5 Å². The molecular weight excluding hydrogens is 318 g/mol. The summed E-state index contributed by atoms with van der Waals surface area (Å²) in [5.74, 6) is -1.25. The van der Waals surface area contributed by atoms with Gasteiger partial charge >= 0.3 is 11.9 Å². The minimum Gasteiger partial charge on any atom is -0.462 e. The smallest absolute Gasteiger partial charge is 0.345 e. The molecule has 0 aromatic rings. The van der Waals surface area contributed by atoms with Crippen LogP contribution < -0.4 is 0 Å². The molecule has 0 saturated heterocycles. The molecule has 0 aliphatic rings. The summed E-state index contributed by atoms with van der Waals surface area (Å²) in [5, 5.41) is 0. The molecule has 0 bridgehead atoms. The highest BCUT2D eigenvalue weighted by Crippen LogP contribution is 2.07. The van der Waals surface area contributed by atoms with Crippen molar-refractivity contribution < 1.29 is 19.1 Å². The summed E-state index contributed by atoms with van der Waals surface area (Å²) in [6.07, 6.45) is 11.7. The van der Waals surface area contributed by atoms with Gasteiger partial charge in [0.2, 0.25) is 0 Å². The molecule has 0 unspecified atom stereocenters. The number of rotatable bonds is 14.